The van der Waals surface area contributed by atoms with Crippen LogP contribution in [0.15, 0.2) is 24.3 Å². The molecule has 1 aromatic carbocycles. The molecule has 0 bridgehead atoms. The van der Waals surface area contributed by atoms with Crippen molar-refractivity contribution in [2.24, 2.45) is 5.73 Å². The molecule has 0 radical (unpaired) electrons. The fraction of sp³-hybridized carbons (Fsp3) is 0.467. The van der Waals surface area contributed by atoms with Crippen LogP contribution in [0, 0.1) is 0 Å². The number of carbonyl (C=O) groups excluding carboxylic acids is 2. The maximum absolute atomic E-state index is 12.0. The zero-order valence-corrected chi connectivity index (χ0v) is 12.8. The van der Waals surface area contributed by atoms with E-state index in [0.29, 0.717) is 25.1 Å². The molecule has 3 N–H and O–H groups in total. The fourth-order valence-corrected chi connectivity index (χ4v) is 2.31. The van der Waals surface area contributed by atoms with Crippen LogP contribution in [0.5, 0.6) is 0 Å². The number of rotatable bonds is 6. The highest BCUT2D eigenvalue weighted by Crippen LogP contribution is 2.22. The first kappa shape index (κ1) is 17.5. The SMILES string of the molecule is Cl.NCCCCNC(=O)c1cccc(N2CCCC2=O)c1. The normalized spacial score (nSPS) is 14.0. The van der Waals surface area contributed by atoms with Gasteiger partial charge in [0.05, 0.1) is 0 Å². The molecule has 5 nitrogen and oxygen atoms in total. The predicted molar refractivity (Wildman–Crippen MR) is 85.9 cm³/mol. The number of halogens is 1. The van der Waals surface area contributed by atoms with E-state index < -0.39 is 0 Å². The summed E-state index contributed by atoms with van der Waals surface area (Å²) in [6, 6.07) is 7.23. The molecule has 2 rings (SSSR count). The van der Waals surface area contributed by atoms with E-state index in [9.17, 15) is 9.59 Å². The molecule has 1 saturated heterocycles. The third-order valence-electron chi connectivity index (χ3n) is 3.41. The zero-order valence-electron chi connectivity index (χ0n) is 12.0. The predicted octanol–water partition coefficient (Wildman–Crippen LogP) is 1.70. The smallest absolute Gasteiger partial charge is 0.251 e. The highest BCUT2D eigenvalue weighted by Gasteiger charge is 2.22. The first-order valence-corrected chi connectivity index (χ1v) is 7.11. The number of nitrogens with zero attached hydrogens (tertiary/aromatic N) is 1. The third kappa shape index (κ3) is 4.72. The molecule has 1 aromatic rings. The van der Waals surface area contributed by atoms with Crippen molar-refractivity contribution in [1.82, 2.24) is 5.32 Å². The minimum Gasteiger partial charge on any atom is -0.352 e. The van der Waals surface area contributed by atoms with Crippen molar-refractivity contribution in [1.29, 1.82) is 0 Å². The Morgan fingerprint density at radius 2 is 2.14 bits per heavy atom. The quantitative estimate of drug-likeness (QED) is 0.785. The molecule has 0 saturated carbocycles. The summed E-state index contributed by atoms with van der Waals surface area (Å²) in [5.41, 5.74) is 6.81. The Kier molecular flexibility index (Phi) is 7.19. The van der Waals surface area contributed by atoms with E-state index in [-0.39, 0.29) is 24.2 Å². The molecule has 1 heterocycles. The Balaban J connectivity index is 0.00000220. The lowest BCUT2D eigenvalue weighted by atomic mass is 10.1. The summed E-state index contributed by atoms with van der Waals surface area (Å²) in [5, 5.41) is 2.86. The number of anilines is 1. The topological polar surface area (TPSA) is 75.4 Å². The van der Waals surface area contributed by atoms with Crippen LogP contribution >= 0.6 is 12.4 Å². The van der Waals surface area contributed by atoms with E-state index in [1.54, 1.807) is 17.0 Å². The lowest BCUT2D eigenvalue weighted by Crippen LogP contribution is -2.26. The maximum Gasteiger partial charge on any atom is 0.251 e. The summed E-state index contributed by atoms with van der Waals surface area (Å²) >= 11 is 0. The largest absolute Gasteiger partial charge is 0.352 e. The summed E-state index contributed by atoms with van der Waals surface area (Å²) in [4.78, 5) is 25.5. The number of nitrogens with one attached hydrogen (secondary N) is 1. The standard InChI is InChI=1S/C15H21N3O2.ClH/c16-8-1-2-9-17-15(20)12-5-3-6-13(11-12)18-10-4-7-14(18)19;/h3,5-6,11H,1-2,4,7-10,16H2,(H,17,20);1H. The van der Waals surface area contributed by atoms with E-state index in [0.717, 1.165) is 31.5 Å². The summed E-state index contributed by atoms with van der Waals surface area (Å²) in [5.74, 6) is 0.0287. The first-order chi connectivity index (χ1) is 9.72. The van der Waals surface area contributed by atoms with Crippen LogP contribution in [0.1, 0.15) is 36.0 Å². The Bertz CT molecular complexity index is 494. The van der Waals surface area contributed by atoms with Gasteiger partial charge in [-0.1, -0.05) is 6.07 Å². The van der Waals surface area contributed by atoms with Crippen LogP contribution in [0.4, 0.5) is 5.69 Å². The van der Waals surface area contributed by atoms with Crippen LogP contribution in [-0.4, -0.2) is 31.4 Å². The van der Waals surface area contributed by atoms with Crippen LogP contribution in [0.2, 0.25) is 0 Å². The van der Waals surface area contributed by atoms with Gasteiger partial charge in [0, 0.05) is 30.8 Å². The van der Waals surface area contributed by atoms with Crippen LogP contribution in [0.3, 0.4) is 0 Å². The molecule has 1 aliphatic rings. The van der Waals surface area contributed by atoms with Crippen molar-refractivity contribution in [3.8, 4) is 0 Å². The highest BCUT2D eigenvalue weighted by atomic mass is 35.5. The van der Waals surface area contributed by atoms with Gasteiger partial charge in [0.2, 0.25) is 5.91 Å². The summed E-state index contributed by atoms with van der Waals surface area (Å²) in [7, 11) is 0. The molecule has 1 fully saturated rings. The maximum atomic E-state index is 12.0. The molecule has 21 heavy (non-hydrogen) atoms. The van der Waals surface area contributed by atoms with Gasteiger partial charge < -0.3 is 16.0 Å². The molecule has 1 aliphatic heterocycles. The van der Waals surface area contributed by atoms with Gasteiger partial charge >= 0.3 is 0 Å². The highest BCUT2D eigenvalue weighted by molar-refractivity contribution is 5.99. The Labute approximate surface area is 131 Å². The van der Waals surface area contributed by atoms with Crippen molar-refractivity contribution in [3.63, 3.8) is 0 Å². The van der Waals surface area contributed by atoms with E-state index in [4.69, 9.17) is 5.73 Å². The molecular weight excluding hydrogens is 290 g/mol. The van der Waals surface area contributed by atoms with Gasteiger partial charge in [0.15, 0.2) is 0 Å². The molecule has 0 aromatic heterocycles. The molecule has 0 atom stereocenters. The summed E-state index contributed by atoms with van der Waals surface area (Å²) < 4.78 is 0. The number of unbranched alkanes of at least 4 members (excludes halogenated alkanes) is 1. The van der Waals surface area contributed by atoms with Gasteiger partial charge in [-0.25, -0.2) is 0 Å². The van der Waals surface area contributed by atoms with Crippen LogP contribution in [-0.2, 0) is 4.79 Å². The van der Waals surface area contributed by atoms with Gasteiger partial charge in [-0.05, 0) is 44.0 Å². The summed E-state index contributed by atoms with van der Waals surface area (Å²) in [6.45, 7) is 2.01. The number of hydrogen-bond donors (Lipinski definition) is 2. The number of hydrogen-bond acceptors (Lipinski definition) is 3. The zero-order chi connectivity index (χ0) is 14.4. The molecule has 0 unspecified atom stereocenters. The van der Waals surface area contributed by atoms with Crippen molar-refractivity contribution < 1.29 is 9.59 Å². The Morgan fingerprint density at radius 1 is 1.33 bits per heavy atom. The molecule has 0 spiro atoms. The number of benzene rings is 1. The third-order valence-corrected chi connectivity index (χ3v) is 3.41. The van der Waals surface area contributed by atoms with E-state index >= 15 is 0 Å². The minimum atomic E-state index is -0.101. The van der Waals surface area contributed by atoms with E-state index in [2.05, 4.69) is 5.32 Å². The molecule has 116 valence electrons. The monoisotopic (exact) mass is 311 g/mol. The van der Waals surface area contributed by atoms with Crippen molar-refractivity contribution >= 4 is 29.9 Å². The van der Waals surface area contributed by atoms with Gasteiger partial charge in [-0.2, -0.15) is 0 Å². The van der Waals surface area contributed by atoms with Gasteiger partial charge in [-0.15, -0.1) is 12.4 Å². The number of amides is 2. The Hall–Kier alpha value is -1.59. The van der Waals surface area contributed by atoms with Crippen molar-refractivity contribution in [2.75, 3.05) is 24.5 Å². The second kappa shape index (κ2) is 8.64. The van der Waals surface area contributed by atoms with Crippen molar-refractivity contribution in [2.45, 2.75) is 25.7 Å². The number of nitrogens with two attached hydrogens (primary N) is 1. The minimum absolute atomic E-state index is 0. The molecule has 0 aliphatic carbocycles. The average molecular weight is 312 g/mol. The summed E-state index contributed by atoms with van der Waals surface area (Å²) in [6.07, 6.45) is 3.26. The van der Waals surface area contributed by atoms with E-state index in [1.807, 2.05) is 12.1 Å². The molecular formula is C15H22ClN3O2. The van der Waals surface area contributed by atoms with Gasteiger partial charge in [-0.3, -0.25) is 9.59 Å². The lowest BCUT2D eigenvalue weighted by molar-refractivity contribution is -0.117. The van der Waals surface area contributed by atoms with Gasteiger partial charge in [0.25, 0.3) is 5.91 Å². The van der Waals surface area contributed by atoms with Crippen molar-refractivity contribution in [3.05, 3.63) is 29.8 Å². The first-order valence-electron chi connectivity index (χ1n) is 7.11. The average Bonchev–Trinajstić information content (AvgIpc) is 2.90. The lowest BCUT2D eigenvalue weighted by Gasteiger charge is -2.16. The second-order valence-corrected chi connectivity index (χ2v) is 4.95. The Morgan fingerprint density at radius 3 is 2.81 bits per heavy atom. The second-order valence-electron chi connectivity index (χ2n) is 4.95. The molecule has 6 heteroatoms. The van der Waals surface area contributed by atoms with Crippen LogP contribution < -0.4 is 16.0 Å². The number of carbonyl (C=O) groups is 2. The molecule has 2 amide bonds. The van der Waals surface area contributed by atoms with Crippen LogP contribution in [0.25, 0.3) is 0 Å². The van der Waals surface area contributed by atoms with Gasteiger partial charge in [0.1, 0.15) is 0 Å². The van der Waals surface area contributed by atoms with E-state index in [1.165, 1.54) is 0 Å². The fourth-order valence-electron chi connectivity index (χ4n) is 2.31.